The molecule has 0 spiro atoms. The van der Waals surface area contributed by atoms with Gasteiger partial charge in [0.2, 0.25) is 0 Å². The highest BCUT2D eigenvalue weighted by atomic mass is 16.6. The summed E-state index contributed by atoms with van der Waals surface area (Å²) >= 11 is 0. The summed E-state index contributed by atoms with van der Waals surface area (Å²) < 4.78 is 10.3. The van der Waals surface area contributed by atoms with E-state index in [0.29, 0.717) is 24.4 Å². The topological polar surface area (TPSA) is 90.7 Å². The number of hydrogen-bond acceptors (Lipinski definition) is 4. The molecule has 0 aromatic heterocycles. The molecule has 17 heavy (non-hydrogen) atoms. The van der Waals surface area contributed by atoms with Crippen LogP contribution < -0.4 is 0 Å². The Kier molecular flexibility index (Phi) is 3.61. The minimum atomic E-state index is 0. The lowest BCUT2D eigenvalue weighted by Gasteiger charge is -1.96. The number of epoxide rings is 2. The van der Waals surface area contributed by atoms with Crippen molar-refractivity contribution in [3.05, 3.63) is 0 Å². The van der Waals surface area contributed by atoms with Crippen LogP contribution in [0.15, 0.2) is 0 Å². The van der Waals surface area contributed by atoms with E-state index in [1.807, 2.05) is 0 Å². The van der Waals surface area contributed by atoms with Gasteiger partial charge in [0.1, 0.15) is 12.6 Å². The fourth-order valence-corrected chi connectivity index (χ4v) is 2.86. The Hall–Kier alpha value is -0.780. The van der Waals surface area contributed by atoms with Crippen molar-refractivity contribution in [2.24, 2.45) is 11.8 Å². The van der Waals surface area contributed by atoms with Gasteiger partial charge in [0.15, 0.2) is 0 Å². The summed E-state index contributed by atoms with van der Waals surface area (Å²) in [5, 5.41) is 0. The molecule has 4 aliphatic rings. The number of rotatable bonds is 2. The van der Waals surface area contributed by atoms with E-state index < -0.39 is 0 Å². The average Bonchev–Trinajstić information content (AvgIpc) is 3.21. The third kappa shape index (κ3) is 2.41. The molecule has 6 atom stereocenters. The molecule has 0 radical (unpaired) electrons. The van der Waals surface area contributed by atoms with Crippen molar-refractivity contribution < 1.29 is 24.5 Å². The van der Waals surface area contributed by atoms with Crippen LogP contribution in [0.2, 0.25) is 0 Å². The van der Waals surface area contributed by atoms with Crippen molar-refractivity contribution >= 4 is 12.6 Å². The summed E-state index contributed by atoms with van der Waals surface area (Å²) in [5.74, 6) is 0.472. The van der Waals surface area contributed by atoms with Crippen molar-refractivity contribution in [2.45, 2.75) is 50.1 Å². The average molecular weight is 242 g/mol. The minimum Gasteiger partial charge on any atom is -0.412 e. The normalized spacial score (nSPS) is 47.8. The molecule has 2 N–H and O–H groups in total. The zero-order chi connectivity index (χ0) is 11.1. The van der Waals surface area contributed by atoms with Gasteiger partial charge in [-0.2, -0.15) is 0 Å². The summed E-state index contributed by atoms with van der Waals surface area (Å²) in [6.07, 6.45) is 7.95. The van der Waals surface area contributed by atoms with Crippen molar-refractivity contribution in [1.29, 1.82) is 0 Å². The number of hydrogen-bond donors (Lipinski definition) is 0. The molecular formula is C12H18O5. The predicted octanol–water partition coefficient (Wildman–Crippen LogP) is -0.0993. The maximum absolute atomic E-state index is 10.2. The summed E-state index contributed by atoms with van der Waals surface area (Å²) in [7, 11) is 0. The smallest absolute Gasteiger partial charge is 0.125 e. The van der Waals surface area contributed by atoms with Crippen molar-refractivity contribution in [3.8, 4) is 0 Å². The zero-order valence-electron chi connectivity index (χ0n) is 9.58. The molecular weight excluding hydrogens is 224 g/mol. The second-order valence-corrected chi connectivity index (χ2v) is 5.03. The van der Waals surface area contributed by atoms with Crippen molar-refractivity contribution in [3.63, 3.8) is 0 Å². The fraction of sp³-hybridized carbons (Fsp3) is 0.833. The molecule has 96 valence electrons. The lowest BCUT2D eigenvalue weighted by Crippen LogP contribution is -2.03. The van der Waals surface area contributed by atoms with Crippen LogP contribution in [-0.2, 0) is 19.1 Å². The number of fused-ring (bicyclic) bond motifs is 2. The third-order valence-corrected chi connectivity index (χ3v) is 4.01. The molecule has 2 saturated heterocycles. The Morgan fingerprint density at radius 1 is 0.765 bits per heavy atom. The molecule has 0 aromatic rings. The Balaban J connectivity index is 0.000000120. The number of carbonyl (C=O) groups excluding carboxylic acids is 2. The molecule has 2 saturated carbocycles. The van der Waals surface area contributed by atoms with E-state index in [1.165, 1.54) is 0 Å². The maximum atomic E-state index is 10.2. The van der Waals surface area contributed by atoms with E-state index in [1.54, 1.807) is 0 Å². The Bertz CT molecular complexity index is 275. The van der Waals surface area contributed by atoms with Crippen LogP contribution in [0, 0.1) is 11.8 Å². The molecule has 6 unspecified atom stereocenters. The van der Waals surface area contributed by atoms with Gasteiger partial charge in [-0.25, -0.2) is 0 Å². The Morgan fingerprint density at radius 2 is 1.18 bits per heavy atom. The highest BCUT2D eigenvalue weighted by Gasteiger charge is 2.50. The van der Waals surface area contributed by atoms with Gasteiger partial charge in [0.05, 0.1) is 24.4 Å². The van der Waals surface area contributed by atoms with Crippen LogP contribution >= 0.6 is 0 Å². The zero-order valence-corrected chi connectivity index (χ0v) is 9.58. The largest absolute Gasteiger partial charge is 0.412 e. The van der Waals surface area contributed by atoms with E-state index in [2.05, 4.69) is 0 Å². The van der Waals surface area contributed by atoms with Crippen molar-refractivity contribution in [1.82, 2.24) is 0 Å². The monoisotopic (exact) mass is 242 g/mol. The summed E-state index contributed by atoms with van der Waals surface area (Å²) in [5.41, 5.74) is 0. The molecule has 0 bridgehead atoms. The van der Waals surface area contributed by atoms with E-state index >= 15 is 0 Å². The lowest BCUT2D eigenvalue weighted by molar-refractivity contribution is -0.112. The number of carbonyl (C=O) groups is 2. The maximum Gasteiger partial charge on any atom is 0.125 e. The van der Waals surface area contributed by atoms with Gasteiger partial charge in [-0.15, -0.1) is 0 Å². The van der Waals surface area contributed by atoms with Crippen LogP contribution in [-0.4, -0.2) is 42.5 Å². The third-order valence-electron chi connectivity index (χ3n) is 4.01. The van der Waals surface area contributed by atoms with E-state index in [-0.39, 0.29) is 17.3 Å². The summed E-state index contributed by atoms with van der Waals surface area (Å²) in [4.78, 5) is 20.3. The first kappa shape index (κ1) is 12.7. The molecule has 5 nitrogen and oxygen atoms in total. The SMILES string of the molecule is O.O=CC1CCC2OC12.O=CC1CCC2OC12. The quantitative estimate of drug-likeness (QED) is 0.499. The Morgan fingerprint density at radius 3 is 1.29 bits per heavy atom. The first-order chi connectivity index (χ1) is 7.83. The highest BCUT2D eigenvalue weighted by molar-refractivity contribution is 5.56. The lowest BCUT2D eigenvalue weighted by atomic mass is 10.1. The van der Waals surface area contributed by atoms with Gasteiger partial charge in [0.25, 0.3) is 0 Å². The summed E-state index contributed by atoms with van der Waals surface area (Å²) in [6.45, 7) is 0. The van der Waals surface area contributed by atoms with Crippen molar-refractivity contribution in [2.75, 3.05) is 0 Å². The van der Waals surface area contributed by atoms with Crippen LogP contribution in [0.1, 0.15) is 25.7 Å². The highest BCUT2D eigenvalue weighted by Crippen LogP contribution is 2.42. The molecule has 2 heterocycles. The standard InChI is InChI=1S/2C6H8O2.H2O/c2*7-3-4-1-2-5-6(4)8-5;/h2*3-6H,1-2H2;1H2. The van der Waals surface area contributed by atoms with Gasteiger partial charge in [-0.1, -0.05) is 0 Å². The van der Waals surface area contributed by atoms with Gasteiger partial charge in [-0.05, 0) is 25.7 Å². The minimum absolute atomic E-state index is 0. The second-order valence-electron chi connectivity index (χ2n) is 5.03. The molecule has 0 aromatic carbocycles. The summed E-state index contributed by atoms with van der Waals surface area (Å²) in [6, 6.07) is 0. The number of aldehydes is 2. The first-order valence-corrected chi connectivity index (χ1v) is 6.05. The molecule has 2 aliphatic heterocycles. The van der Waals surface area contributed by atoms with Gasteiger partial charge in [-0.3, -0.25) is 0 Å². The molecule has 4 fully saturated rings. The van der Waals surface area contributed by atoms with E-state index in [0.717, 1.165) is 38.3 Å². The fourth-order valence-electron chi connectivity index (χ4n) is 2.86. The van der Waals surface area contributed by atoms with Crippen LogP contribution in [0.3, 0.4) is 0 Å². The van der Waals surface area contributed by atoms with Gasteiger partial charge >= 0.3 is 0 Å². The van der Waals surface area contributed by atoms with Crippen LogP contribution in [0.25, 0.3) is 0 Å². The molecule has 5 heteroatoms. The first-order valence-electron chi connectivity index (χ1n) is 6.05. The van der Waals surface area contributed by atoms with Crippen LogP contribution in [0.4, 0.5) is 0 Å². The Labute approximate surface area is 99.8 Å². The molecule has 0 amide bonds. The van der Waals surface area contributed by atoms with Gasteiger partial charge in [0, 0.05) is 11.8 Å². The van der Waals surface area contributed by atoms with Crippen LogP contribution in [0.5, 0.6) is 0 Å². The number of ether oxygens (including phenoxy) is 2. The van der Waals surface area contributed by atoms with Gasteiger partial charge < -0.3 is 24.5 Å². The molecule has 2 aliphatic carbocycles. The second kappa shape index (κ2) is 4.84. The molecule has 4 rings (SSSR count). The predicted molar refractivity (Wildman–Crippen MR) is 58.5 cm³/mol. The van der Waals surface area contributed by atoms with E-state index in [9.17, 15) is 9.59 Å². The van der Waals surface area contributed by atoms with E-state index in [4.69, 9.17) is 9.47 Å².